The molecule has 1 aromatic heterocycles. The molecule has 1 heterocycles. The summed E-state index contributed by atoms with van der Waals surface area (Å²) in [5.74, 6) is -0.0929. The second-order valence-electron chi connectivity index (χ2n) is 3.86. The molecular formula is C12H16O5. The number of rotatable bonds is 8. The van der Waals surface area contributed by atoms with E-state index in [9.17, 15) is 9.59 Å². The molecule has 94 valence electrons. The summed E-state index contributed by atoms with van der Waals surface area (Å²) < 4.78 is 5.46. The second kappa shape index (κ2) is 6.73. The summed E-state index contributed by atoms with van der Waals surface area (Å²) in [6.45, 7) is 0. The molecule has 0 radical (unpaired) electrons. The van der Waals surface area contributed by atoms with E-state index in [1.807, 2.05) is 12.1 Å². The number of furan rings is 1. The number of carboxylic acids is 2. The van der Waals surface area contributed by atoms with Gasteiger partial charge in [-0.2, -0.15) is 0 Å². The van der Waals surface area contributed by atoms with Crippen molar-refractivity contribution in [3.8, 4) is 0 Å². The highest BCUT2D eigenvalue weighted by atomic mass is 16.4. The van der Waals surface area contributed by atoms with Crippen LogP contribution < -0.4 is 0 Å². The van der Waals surface area contributed by atoms with Crippen molar-refractivity contribution in [3.63, 3.8) is 0 Å². The summed E-state index contributed by atoms with van der Waals surface area (Å²) in [6.07, 6.45) is 2.58. The predicted octanol–water partition coefficient (Wildman–Crippen LogP) is 2.09. The van der Waals surface area contributed by atoms with Crippen molar-refractivity contribution in [2.24, 2.45) is 0 Å². The van der Waals surface area contributed by atoms with E-state index in [-0.39, 0.29) is 12.8 Å². The Labute approximate surface area is 99.1 Å². The number of aryl methyl sites for hydroxylation is 2. The molecule has 0 amide bonds. The minimum absolute atomic E-state index is 0.134. The van der Waals surface area contributed by atoms with Crippen molar-refractivity contribution >= 4 is 11.9 Å². The van der Waals surface area contributed by atoms with E-state index in [1.54, 1.807) is 0 Å². The minimum Gasteiger partial charge on any atom is -0.481 e. The first kappa shape index (κ1) is 13.3. The van der Waals surface area contributed by atoms with Crippen LogP contribution in [0.4, 0.5) is 0 Å². The molecule has 1 aromatic rings. The average Bonchev–Trinajstić information content (AvgIpc) is 2.65. The van der Waals surface area contributed by atoms with Crippen LogP contribution in [0, 0.1) is 0 Å². The quantitative estimate of drug-likeness (QED) is 0.726. The summed E-state index contributed by atoms with van der Waals surface area (Å²) in [4.78, 5) is 20.6. The lowest BCUT2D eigenvalue weighted by Gasteiger charge is -1.96. The van der Waals surface area contributed by atoms with Gasteiger partial charge in [-0.05, 0) is 25.0 Å². The zero-order chi connectivity index (χ0) is 12.7. The van der Waals surface area contributed by atoms with Crippen molar-refractivity contribution in [1.82, 2.24) is 0 Å². The third kappa shape index (κ3) is 5.75. The lowest BCUT2D eigenvalue weighted by molar-refractivity contribution is -0.138. The highest BCUT2D eigenvalue weighted by Gasteiger charge is 2.05. The molecule has 0 saturated heterocycles. The van der Waals surface area contributed by atoms with E-state index in [2.05, 4.69) is 0 Å². The van der Waals surface area contributed by atoms with Gasteiger partial charge in [0.25, 0.3) is 0 Å². The standard InChI is InChI=1S/C12H16O5/c13-11(14)5-1-3-9-7-8-10(17-9)4-2-6-12(15)16/h7-8H,1-6H2,(H,13,14)(H,15,16). The molecule has 0 bridgehead atoms. The van der Waals surface area contributed by atoms with Gasteiger partial charge < -0.3 is 14.6 Å². The molecule has 0 aromatic carbocycles. The maximum Gasteiger partial charge on any atom is 0.303 e. The Morgan fingerprint density at radius 3 is 1.71 bits per heavy atom. The SMILES string of the molecule is O=C(O)CCCc1ccc(CCCC(=O)O)o1. The maximum atomic E-state index is 10.3. The number of carboxylic acid groups (broad SMARTS) is 2. The molecule has 1 rings (SSSR count). The van der Waals surface area contributed by atoms with Gasteiger partial charge in [0.15, 0.2) is 0 Å². The van der Waals surface area contributed by atoms with Crippen LogP contribution in [0.3, 0.4) is 0 Å². The summed E-state index contributed by atoms with van der Waals surface area (Å²) in [7, 11) is 0. The van der Waals surface area contributed by atoms with Gasteiger partial charge in [0.05, 0.1) is 0 Å². The van der Waals surface area contributed by atoms with Crippen LogP contribution >= 0.6 is 0 Å². The van der Waals surface area contributed by atoms with Gasteiger partial charge in [-0.15, -0.1) is 0 Å². The van der Waals surface area contributed by atoms with Crippen LogP contribution in [-0.2, 0) is 22.4 Å². The lowest BCUT2D eigenvalue weighted by Crippen LogP contribution is -1.95. The Balaban J connectivity index is 2.27. The summed E-state index contributed by atoms with van der Waals surface area (Å²) in [5, 5.41) is 17.0. The number of aliphatic carboxylic acids is 2. The molecule has 0 aliphatic rings. The number of hydrogen-bond acceptors (Lipinski definition) is 3. The molecular weight excluding hydrogens is 224 g/mol. The fraction of sp³-hybridized carbons (Fsp3) is 0.500. The Hall–Kier alpha value is -1.78. The fourth-order valence-corrected chi connectivity index (χ4v) is 1.52. The first-order chi connectivity index (χ1) is 8.08. The summed E-state index contributed by atoms with van der Waals surface area (Å²) >= 11 is 0. The first-order valence-corrected chi connectivity index (χ1v) is 5.59. The van der Waals surface area contributed by atoms with Gasteiger partial charge in [0.2, 0.25) is 0 Å². The zero-order valence-corrected chi connectivity index (χ0v) is 9.52. The van der Waals surface area contributed by atoms with E-state index in [1.165, 1.54) is 0 Å². The highest BCUT2D eigenvalue weighted by Crippen LogP contribution is 2.13. The number of hydrogen-bond donors (Lipinski definition) is 2. The molecule has 0 spiro atoms. The third-order valence-corrected chi connectivity index (χ3v) is 2.34. The molecule has 5 nitrogen and oxygen atoms in total. The van der Waals surface area contributed by atoms with Gasteiger partial charge in [-0.25, -0.2) is 0 Å². The first-order valence-electron chi connectivity index (χ1n) is 5.59. The molecule has 0 unspecified atom stereocenters. The van der Waals surface area contributed by atoms with Crippen molar-refractivity contribution in [2.45, 2.75) is 38.5 Å². The molecule has 5 heteroatoms. The lowest BCUT2D eigenvalue weighted by atomic mass is 10.2. The van der Waals surface area contributed by atoms with E-state index in [0.29, 0.717) is 25.7 Å². The van der Waals surface area contributed by atoms with Crippen molar-refractivity contribution < 1.29 is 24.2 Å². The Morgan fingerprint density at radius 1 is 0.941 bits per heavy atom. The topological polar surface area (TPSA) is 87.7 Å². The molecule has 0 atom stereocenters. The zero-order valence-electron chi connectivity index (χ0n) is 9.52. The van der Waals surface area contributed by atoms with Gasteiger partial charge in [-0.3, -0.25) is 9.59 Å². The second-order valence-corrected chi connectivity index (χ2v) is 3.86. The van der Waals surface area contributed by atoms with Crippen molar-refractivity contribution in [2.75, 3.05) is 0 Å². The Kier molecular flexibility index (Phi) is 5.26. The molecule has 0 aliphatic carbocycles. The van der Waals surface area contributed by atoms with Gasteiger partial charge in [0, 0.05) is 25.7 Å². The van der Waals surface area contributed by atoms with Crippen molar-refractivity contribution in [3.05, 3.63) is 23.7 Å². The van der Waals surface area contributed by atoms with E-state index in [4.69, 9.17) is 14.6 Å². The van der Waals surface area contributed by atoms with Crippen LogP contribution in [0.15, 0.2) is 16.5 Å². The van der Waals surface area contributed by atoms with Crippen LogP contribution in [0.2, 0.25) is 0 Å². The largest absolute Gasteiger partial charge is 0.481 e. The molecule has 0 fully saturated rings. The molecule has 2 N–H and O–H groups in total. The maximum absolute atomic E-state index is 10.3. The predicted molar refractivity (Wildman–Crippen MR) is 59.9 cm³/mol. The van der Waals surface area contributed by atoms with Gasteiger partial charge >= 0.3 is 11.9 Å². The van der Waals surface area contributed by atoms with Crippen LogP contribution in [0.5, 0.6) is 0 Å². The molecule has 0 aliphatic heterocycles. The normalized spacial score (nSPS) is 10.4. The van der Waals surface area contributed by atoms with Gasteiger partial charge in [0.1, 0.15) is 11.5 Å². The number of carbonyl (C=O) groups is 2. The average molecular weight is 240 g/mol. The summed E-state index contributed by atoms with van der Waals surface area (Å²) in [5.41, 5.74) is 0. The van der Waals surface area contributed by atoms with Crippen LogP contribution in [-0.4, -0.2) is 22.2 Å². The molecule has 17 heavy (non-hydrogen) atoms. The third-order valence-electron chi connectivity index (χ3n) is 2.34. The monoisotopic (exact) mass is 240 g/mol. The molecule has 0 saturated carbocycles. The van der Waals surface area contributed by atoms with E-state index in [0.717, 1.165) is 11.5 Å². The van der Waals surface area contributed by atoms with Crippen LogP contribution in [0.25, 0.3) is 0 Å². The van der Waals surface area contributed by atoms with E-state index >= 15 is 0 Å². The fourth-order valence-electron chi connectivity index (χ4n) is 1.52. The Bertz CT molecular complexity index is 346. The van der Waals surface area contributed by atoms with Gasteiger partial charge in [-0.1, -0.05) is 0 Å². The van der Waals surface area contributed by atoms with E-state index < -0.39 is 11.9 Å². The highest BCUT2D eigenvalue weighted by molar-refractivity contribution is 5.66. The smallest absolute Gasteiger partial charge is 0.303 e. The minimum atomic E-state index is -0.807. The Morgan fingerprint density at radius 2 is 1.35 bits per heavy atom. The summed E-state index contributed by atoms with van der Waals surface area (Å²) in [6, 6.07) is 3.63. The van der Waals surface area contributed by atoms with Crippen molar-refractivity contribution in [1.29, 1.82) is 0 Å². The van der Waals surface area contributed by atoms with Crippen LogP contribution in [0.1, 0.15) is 37.2 Å².